The fraction of sp³-hybridized carbons (Fsp3) is 0.192. The normalized spacial score (nSPS) is 15.0. The third-order valence-corrected chi connectivity index (χ3v) is 5.40. The lowest BCUT2D eigenvalue weighted by molar-refractivity contribution is -0.118. The number of likely N-dealkylation sites (N-methyl/N-ethyl adjacent to an activating group) is 1. The van der Waals surface area contributed by atoms with Crippen molar-refractivity contribution in [1.82, 2.24) is 14.9 Å². The van der Waals surface area contributed by atoms with Crippen molar-refractivity contribution in [3.05, 3.63) is 94.5 Å². The third-order valence-electron chi connectivity index (χ3n) is 5.40. The maximum absolute atomic E-state index is 13.2. The molecule has 0 aromatic carbocycles. The van der Waals surface area contributed by atoms with E-state index in [0.29, 0.717) is 28.2 Å². The molecule has 7 heteroatoms. The van der Waals surface area contributed by atoms with Gasteiger partial charge in [-0.15, -0.1) is 0 Å². The van der Waals surface area contributed by atoms with E-state index in [1.165, 1.54) is 0 Å². The molecule has 2 aliphatic rings. The Labute approximate surface area is 192 Å². The van der Waals surface area contributed by atoms with E-state index in [1.54, 1.807) is 19.2 Å². The van der Waals surface area contributed by atoms with Gasteiger partial charge in [0.05, 0.1) is 23.3 Å². The number of hydrogen-bond donors (Lipinski definition) is 3. The molecule has 0 aliphatic heterocycles. The smallest absolute Gasteiger partial charge is 0.239 e. The number of aromatic nitrogens is 2. The van der Waals surface area contributed by atoms with Crippen LogP contribution in [-0.2, 0) is 4.79 Å². The molecule has 33 heavy (non-hydrogen) atoms. The average Bonchev–Trinajstić information content (AvgIpc) is 3.23. The first-order valence-electron chi connectivity index (χ1n) is 10.9. The van der Waals surface area contributed by atoms with Crippen LogP contribution in [0.2, 0.25) is 0 Å². The monoisotopic (exact) mass is 441 g/mol. The van der Waals surface area contributed by atoms with E-state index in [9.17, 15) is 9.59 Å². The number of nitrogens with zero attached hydrogens (tertiary/aromatic N) is 2. The van der Waals surface area contributed by atoms with E-state index >= 15 is 0 Å². The molecule has 3 N–H and O–H groups in total. The summed E-state index contributed by atoms with van der Waals surface area (Å²) >= 11 is 0. The highest BCUT2D eigenvalue weighted by molar-refractivity contribution is 5.88. The van der Waals surface area contributed by atoms with Crippen molar-refractivity contribution in [2.75, 3.05) is 24.2 Å². The Hall–Kier alpha value is -4.13. The summed E-state index contributed by atoms with van der Waals surface area (Å²) in [7, 11) is 1.58. The summed E-state index contributed by atoms with van der Waals surface area (Å²) in [5, 5.41) is 9.57. The van der Waals surface area contributed by atoms with Crippen LogP contribution in [0.25, 0.3) is 16.7 Å². The summed E-state index contributed by atoms with van der Waals surface area (Å²) in [4.78, 5) is 29.6. The van der Waals surface area contributed by atoms with Gasteiger partial charge in [0.15, 0.2) is 5.43 Å². The van der Waals surface area contributed by atoms with Crippen LogP contribution >= 0.6 is 0 Å². The fourth-order valence-electron chi connectivity index (χ4n) is 3.67. The van der Waals surface area contributed by atoms with Crippen molar-refractivity contribution >= 4 is 34.1 Å². The molecule has 0 radical (unpaired) electrons. The quantitative estimate of drug-likeness (QED) is 0.630. The molecule has 168 valence electrons. The molecule has 2 heterocycles. The number of pyridine rings is 2. The number of anilines is 2. The van der Waals surface area contributed by atoms with Crippen LogP contribution in [0.15, 0.2) is 83.4 Å². The van der Waals surface area contributed by atoms with Crippen molar-refractivity contribution in [1.29, 1.82) is 0 Å². The first-order chi connectivity index (χ1) is 16.1. The summed E-state index contributed by atoms with van der Waals surface area (Å²) in [5.41, 5.74) is 3.64. The van der Waals surface area contributed by atoms with Crippen LogP contribution in [0.4, 0.5) is 11.5 Å². The van der Waals surface area contributed by atoms with Crippen LogP contribution in [0.3, 0.4) is 0 Å². The molecule has 0 fully saturated rings. The lowest BCUT2D eigenvalue weighted by Crippen LogP contribution is -2.26. The minimum absolute atomic E-state index is 0.103. The molecule has 0 atom stereocenters. The molecule has 1 amide bonds. The van der Waals surface area contributed by atoms with Gasteiger partial charge in [0, 0.05) is 30.9 Å². The molecular weight excluding hydrogens is 414 g/mol. The number of carbonyl (C=O) groups is 1. The summed E-state index contributed by atoms with van der Waals surface area (Å²) in [6, 6.07) is 3.38. The van der Waals surface area contributed by atoms with E-state index in [1.807, 2.05) is 54.0 Å². The molecule has 4 rings (SSSR count). The molecule has 0 saturated carbocycles. The first kappa shape index (κ1) is 22.1. The van der Waals surface area contributed by atoms with E-state index in [-0.39, 0.29) is 17.9 Å². The fourth-order valence-corrected chi connectivity index (χ4v) is 3.67. The van der Waals surface area contributed by atoms with Crippen LogP contribution in [0.5, 0.6) is 0 Å². The van der Waals surface area contributed by atoms with Crippen molar-refractivity contribution in [3.8, 4) is 0 Å². The topological polar surface area (TPSA) is 88.0 Å². The van der Waals surface area contributed by atoms with Gasteiger partial charge in [0.25, 0.3) is 0 Å². The molecular formula is C26H27N5O2. The van der Waals surface area contributed by atoms with Gasteiger partial charge in [-0.05, 0) is 37.6 Å². The number of amides is 1. The Bertz CT molecular complexity index is 1320. The molecule has 2 aliphatic carbocycles. The van der Waals surface area contributed by atoms with Crippen molar-refractivity contribution in [2.45, 2.75) is 19.8 Å². The van der Waals surface area contributed by atoms with E-state index in [0.717, 1.165) is 24.2 Å². The minimum Gasteiger partial charge on any atom is -0.375 e. The zero-order valence-corrected chi connectivity index (χ0v) is 18.8. The SMILES string of the molecule is CNC(=O)CNc1cc2c(=O)cc(NC3=CC=CC=CC3)n(C3=CC=CCC=C3)c2nc1C. The lowest BCUT2D eigenvalue weighted by Gasteiger charge is -2.20. The highest BCUT2D eigenvalue weighted by Crippen LogP contribution is 2.27. The largest absolute Gasteiger partial charge is 0.375 e. The molecule has 0 bridgehead atoms. The van der Waals surface area contributed by atoms with Crippen molar-refractivity contribution < 1.29 is 4.79 Å². The van der Waals surface area contributed by atoms with Crippen LogP contribution in [0.1, 0.15) is 18.5 Å². The number of nitrogens with one attached hydrogen (secondary N) is 3. The second-order valence-electron chi connectivity index (χ2n) is 7.74. The Morgan fingerprint density at radius 3 is 2.82 bits per heavy atom. The molecule has 7 nitrogen and oxygen atoms in total. The zero-order chi connectivity index (χ0) is 23.2. The second kappa shape index (κ2) is 9.99. The number of hydrogen-bond acceptors (Lipinski definition) is 5. The van der Waals surface area contributed by atoms with Crippen LogP contribution in [-0.4, -0.2) is 29.1 Å². The summed E-state index contributed by atoms with van der Waals surface area (Å²) in [5.74, 6) is 0.499. The average molecular weight is 442 g/mol. The molecule has 2 aromatic heterocycles. The standard InChI is InChI=1S/C26H27N5O2/c1-18-22(28-17-25(33)27-2)15-21-23(32)16-24(30-19-11-7-3-4-8-12-19)31(26(21)29-18)20-13-9-5-6-10-14-20/h3-5,7-11,13-16,28,30H,6,12,17H2,1-2H3,(H,27,33). The van der Waals surface area contributed by atoms with E-state index in [4.69, 9.17) is 4.98 Å². The summed E-state index contributed by atoms with van der Waals surface area (Å²) < 4.78 is 1.97. The maximum Gasteiger partial charge on any atom is 0.239 e. The molecule has 0 saturated heterocycles. The number of aryl methyl sites for hydroxylation is 1. The second-order valence-corrected chi connectivity index (χ2v) is 7.74. The Balaban J connectivity index is 1.88. The number of carbonyl (C=O) groups excluding carboxylic acids is 1. The van der Waals surface area contributed by atoms with Gasteiger partial charge in [-0.3, -0.25) is 14.2 Å². The van der Waals surface area contributed by atoms with E-state index < -0.39 is 0 Å². The molecule has 0 unspecified atom stereocenters. The number of fused-ring (bicyclic) bond motifs is 1. The van der Waals surface area contributed by atoms with Gasteiger partial charge in [0.2, 0.25) is 5.91 Å². The highest BCUT2D eigenvalue weighted by Gasteiger charge is 2.16. The third kappa shape index (κ3) is 5.03. The Morgan fingerprint density at radius 1 is 1.09 bits per heavy atom. The minimum atomic E-state index is -0.147. The van der Waals surface area contributed by atoms with Crippen molar-refractivity contribution in [3.63, 3.8) is 0 Å². The predicted octanol–water partition coefficient (Wildman–Crippen LogP) is 4.03. The van der Waals surface area contributed by atoms with Gasteiger partial charge in [0.1, 0.15) is 11.5 Å². The molecule has 2 aromatic rings. The Kier molecular flexibility index (Phi) is 6.69. The van der Waals surface area contributed by atoms with E-state index in [2.05, 4.69) is 34.2 Å². The molecule has 0 spiro atoms. The highest BCUT2D eigenvalue weighted by atomic mass is 16.1. The van der Waals surface area contributed by atoms with Crippen LogP contribution in [0, 0.1) is 6.92 Å². The lowest BCUT2D eigenvalue weighted by atomic mass is 10.2. The van der Waals surface area contributed by atoms with Gasteiger partial charge >= 0.3 is 0 Å². The number of rotatable bonds is 6. The summed E-state index contributed by atoms with van der Waals surface area (Å²) in [6.45, 7) is 1.97. The Morgan fingerprint density at radius 2 is 1.97 bits per heavy atom. The first-order valence-corrected chi connectivity index (χ1v) is 10.9. The van der Waals surface area contributed by atoms with Crippen LogP contribution < -0.4 is 21.4 Å². The van der Waals surface area contributed by atoms with Gasteiger partial charge in [-0.2, -0.15) is 0 Å². The van der Waals surface area contributed by atoms with Gasteiger partial charge in [-0.25, -0.2) is 4.98 Å². The van der Waals surface area contributed by atoms with Gasteiger partial charge < -0.3 is 16.0 Å². The van der Waals surface area contributed by atoms with Crippen molar-refractivity contribution in [2.24, 2.45) is 0 Å². The predicted molar refractivity (Wildman–Crippen MR) is 135 cm³/mol. The zero-order valence-electron chi connectivity index (χ0n) is 18.8. The summed E-state index contributed by atoms with van der Waals surface area (Å²) in [6.07, 6.45) is 21.8. The van der Waals surface area contributed by atoms with Gasteiger partial charge in [-0.1, -0.05) is 42.5 Å². The number of allylic oxidation sites excluding steroid dienone is 11. The maximum atomic E-state index is 13.2.